The smallest absolute Gasteiger partial charge is 0.257 e. The highest BCUT2D eigenvalue weighted by Gasteiger charge is 2.28. The number of nitrogens with one attached hydrogen (secondary N) is 1. The van der Waals surface area contributed by atoms with Gasteiger partial charge in [-0.2, -0.15) is 4.31 Å². The SMILES string of the molecule is C=CCSc1nnc(NC(=O)c2cc(S(=O)(=O)N3CCCC3)ccc2C)s1. The fraction of sp³-hybridized carbons (Fsp3) is 0.353. The van der Waals surface area contributed by atoms with Gasteiger partial charge < -0.3 is 0 Å². The van der Waals surface area contributed by atoms with Crippen LogP contribution >= 0.6 is 23.1 Å². The van der Waals surface area contributed by atoms with Crippen molar-refractivity contribution in [2.75, 3.05) is 24.2 Å². The molecule has 0 spiro atoms. The molecule has 0 bridgehead atoms. The van der Waals surface area contributed by atoms with Crippen molar-refractivity contribution < 1.29 is 13.2 Å². The standard InChI is InChI=1S/C17H20N4O3S3/c1-3-10-25-17-20-19-16(26-17)18-15(22)14-11-13(7-6-12(14)2)27(23,24)21-8-4-5-9-21/h3,6-7,11H,1,4-5,8-10H2,2H3,(H,18,19,22). The number of hydrogen-bond donors (Lipinski definition) is 1. The molecule has 1 aliphatic heterocycles. The van der Waals surface area contributed by atoms with Crippen molar-refractivity contribution >= 4 is 44.2 Å². The summed E-state index contributed by atoms with van der Waals surface area (Å²) in [6.07, 6.45) is 3.49. The topological polar surface area (TPSA) is 92.3 Å². The number of aryl methyl sites for hydroxylation is 1. The van der Waals surface area contributed by atoms with Crippen LogP contribution in [0.2, 0.25) is 0 Å². The van der Waals surface area contributed by atoms with E-state index in [2.05, 4.69) is 22.1 Å². The molecule has 1 fully saturated rings. The zero-order valence-electron chi connectivity index (χ0n) is 14.8. The van der Waals surface area contributed by atoms with Crippen molar-refractivity contribution in [3.05, 3.63) is 42.0 Å². The van der Waals surface area contributed by atoms with Gasteiger partial charge in [0, 0.05) is 24.4 Å². The van der Waals surface area contributed by atoms with E-state index in [0.717, 1.165) is 17.2 Å². The second-order valence-electron chi connectivity index (χ2n) is 6.01. The number of rotatable bonds is 7. The average Bonchev–Trinajstić information content (AvgIpc) is 3.32. The molecule has 144 valence electrons. The van der Waals surface area contributed by atoms with E-state index in [1.54, 1.807) is 25.1 Å². The summed E-state index contributed by atoms with van der Waals surface area (Å²) < 4.78 is 27.7. The quantitative estimate of drug-likeness (QED) is 0.417. The number of anilines is 1. The molecular formula is C17H20N4O3S3. The van der Waals surface area contributed by atoms with E-state index in [1.165, 1.54) is 33.5 Å². The summed E-state index contributed by atoms with van der Waals surface area (Å²) in [5.41, 5.74) is 1.00. The molecule has 7 nitrogen and oxygen atoms in total. The summed E-state index contributed by atoms with van der Waals surface area (Å²) in [6, 6.07) is 4.64. The van der Waals surface area contributed by atoms with Gasteiger partial charge in [0.1, 0.15) is 0 Å². The molecule has 1 aromatic heterocycles. The molecule has 10 heteroatoms. The Kier molecular flexibility index (Phi) is 6.30. The molecule has 0 radical (unpaired) electrons. The Morgan fingerprint density at radius 3 is 2.81 bits per heavy atom. The molecule has 0 atom stereocenters. The highest BCUT2D eigenvalue weighted by molar-refractivity contribution is 8.01. The lowest BCUT2D eigenvalue weighted by Crippen LogP contribution is -2.28. The first-order valence-corrected chi connectivity index (χ1v) is 11.7. The molecule has 1 aliphatic rings. The highest BCUT2D eigenvalue weighted by atomic mass is 32.2. The molecule has 3 rings (SSSR count). The van der Waals surface area contributed by atoms with E-state index in [0.29, 0.717) is 35.1 Å². The second kappa shape index (κ2) is 8.51. The Labute approximate surface area is 166 Å². The summed E-state index contributed by atoms with van der Waals surface area (Å²) in [4.78, 5) is 12.8. The third-order valence-corrected chi connectivity index (χ3v) is 7.97. The molecule has 1 saturated heterocycles. The summed E-state index contributed by atoms with van der Waals surface area (Å²) in [7, 11) is -3.58. The van der Waals surface area contributed by atoms with Gasteiger partial charge in [-0.3, -0.25) is 10.1 Å². The summed E-state index contributed by atoms with van der Waals surface area (Å²) in [6.45, 7) is 6.46. The van der Waals surface area contributed by atoms with Crippen LogP contribution in [0.5, 0.6) is 0 Å². The van der Waals surface area contributed by atoms with Gasteiger partial charge in [0.15, 0.2) is 4.34 Å². The number of sulfonamides is 1. The van der Waals surface area contributed by atoms with E-state index < -0.39 is 15.9 Å². The molecule has 2 aromatic rings. The van der Waals surface area contributed by atoms with Gasteiger partial charge >= 0.3 is 0 Å². The molecule has 1 amide bonds. The average molecular weight is 425 g/mol. The van der Waals surface area contributed by atoms with E-state index in [4.69, 9.17) is 0 Å². The largest absolute Gasteiger partial charge is 0.296 e. The van der Waals surface area contributed by atoms with Gasteiger partial charge in [0.05, 0.1) is 4.90 Å². The van der Waals surface area contributed by atoms with E-state index in [-0.39, 0.29) is 4.90 Å². The first-order valence-electron chi connectivity index (χ1n) is 8.41. The Hall–Kier alpha value is -1.75. The third-order valence-electron chi connectivity index (χ3n) is 4.11. The van der Waals surface area contributed by atoms with Crippen LogP contribution in [0.25, 0.3) is 0 Å². The van der Waals surface area contributed by atoms with Crippen molar-refractivity contribution in [3.63, 3.8) is 0 Å². The first kappa shape index (κ1) is 20.0. The molecular weight excluding hydrogens is 404 g/mol. The maximum absolute atomic E-state index is 12.7. The fourth-order valence-electron chi connectivity index (χ4n) is 2.70. The molecule has 0 unspecified atom stereocenters. The van der Waals surface area contributed by atoms with Gasteiger partial charge in [-0.15, -0.1) is 16.8 Å². The number of carbonyl (C=O) groups is 1. The van der Waals surface area contributed by atoms with Gasteiger partial charge in [0.2, 0.25) is 15.2 Å². The minimum atomic E-state index is -3.58. The summed E-state index contributed by atoms with van der Waals surface area (Å²) >= 11 is 2.74. The van der Waals surface area contributed by atoms with Crippen molar-refractivity contribution in [3.8, 4) is 0 Å². The van der Waals surface area contributed by atoms with Gasteiger partial charge in [-0.05, 0) is 37.5 Å². The van der Waals surface area contributed by atoms with Crippen LogP contribution in [0, 0.1) is 6.92 Å². The van der Waals surface area contributed by atoms with Crippen LogP contribution in [-0.4, -0.2) is 47.7 Å². The lowest BCUT2D eigenvalue weighted by molar-refractivity contribution is 0.102. The van der Waals surface area contributed by atoms with Crippen LogP contribution in [0.15, 0.2) is 40.1 Å². The number of carbonyl (C=O) groups excluding carboxylic acids is 1. The van der Waals surface area contributed by atoms with Gasteiger partial charge in [-0.25, -0.2) is 8.42 Å². The number of hydrogen-bond acceptors (Lipinski definition) is 7. The first-order chi connectivity index (χ1) is 12.9. The lowest BCUT2D eigenvalue weighted by Gasteiger charge is -2.16. The number of benzene rings is 1. The monoisotopic (exact) mass is 424 g/mol. The Morgan fingerprint density at radius 1 is 1.37 bits per heavy atom. The van der Waals surface area contributed by atoms with Crippen LogP contribution in [-0.2, 0) is 10.0 Å². The van der Waals surface area contributed by atoms with Crippen LogP contribution in [0.1, 0.15) is 28.8 Å². The maximum Gasteiger partial charge on any atom is 0.257 e. The van der Waals surface area contributed by atoms with Crippen molar-refractivity contribution in [2.24, 2.45) is 0 Å². The van der Waals surface area contributed by atoms with Crippen LogP contribution in [0.4, 0.5) is 5.13 Å². The fourth-order valence-corrected chi connectivity index (χ4v) is 5.75. The Morgan fingerprint density at radius 2 is 2.11 bits per heavy atom. The van der Waals surface area contributed by atoms with E-state index >= 15 is 0 Å². The molecule has 0 aliphatic carbocycles. The van der Waals surface area contributed by atoms with Crippen molar-refractivity contribution in [2.45, 2.75) is 29.0 Å². The van der Waals surface area contributed by atoms with Crippen LogP contribution < -0.4 is 5.32 Å². The molecule has 27 heavy (non-hydrogen) atoms. The molecule has 1 N–H and O–H groups in total. The van der Waals surface area contributed by atoms with E-state index in [9.17, 15) is 13.2 Å². The molecule has 0 saturated carbocycles. The zero-order chi connectivity index (χ0) is 19.4. The molecule has 2 heterocycles. The van der Waals surface area contributed by atoms with Gasteiger partial charge in [0.25, 0.3) is 5.91 Å². The predicted molar refractivity (Wildman–Crippen MR) is 108 cm³/mol. The van der Waals surface area contributed by atoms with Crippen molar-refractivity contribution in [1.82, 2.24) is 14.5 Å². The number of amides is 1. The minimum Gasteiger partial charge on any atom is -0.296 e. The Bertz CT molecular complexity index is 950. The molecule has 1 aromatic carbocycles. The third kappa shape index (κ3) is 4.57. The zero-order valence-corrected chi connectivity index (χ0v) is 17.3. The number of aromatic nitrogens is 2. The van der Waals surface area contributed by atoms with Gasteiger partial charge in [-0.1, -0.05) is 35.2 Å². The van der Waals surface area contributed by atoms with Crippen LogP contribution in [0.3, 0.4) is 0 Å². The minimum absolute atomic E-state index is 0.139. The second-order valence-corrected chi connectivity index (χ2v) is 10.2. The summed E-state index contributed by atoms with van der Waals surface area (Å²) in [5.74, 6) is 0.306. The normalized spacial score (nSPS) is 15.0. The summed E-state index contributed by atoms with van der Waals surface area (Å²) in [5, 5.41) is 11.0. The Balaban J connectivity index is 1.80. The van der Waals surface area contributed by atoms with E-state index in [1.807, 2.05) is 0 Å². The maximum atomic E-state index is 12.7. The highest BCUT2D eigenvalue weighted by Crippen LogP contribution is 2.27. The van der Waals surface area contributed by atoms with Crippen molar-refractivity contribution in [1.29, 1.82) is 0 Å². The lowest BCUT2D eigenvalue weighted by atomic mass is 10.1. The number of thioether (sulfide) groups is 1. The number of nitrogens with zero attached hydrogens (tertiary/aromatic N) is 3. The predicted octanol–water partition coefficient (Wildman–Crippen LogP) is 3.16.